The molecule has 0 spiro atoms. The van der Waals surface area contributed by atoms with Crippen LogP contribution in [0.15, 0.2) is 18.3 Å². The van der Waals surface area contributed by atoms with E-state index in [-0.39, 0.29) is 30.7 Å². The molecule has 7 heteroatoms. The third kappa shape index (κ3) is 6.61. The van der Waals surface area contributed by atoms with Gasteiger partial charge < -0.3 is 10.2 Å². The van der Waals surface area contributed by atoms with Crippen LogP contribution in [0.25, 0.3) is 0 Å². The van der Waals surface area contributed by atoms with Crippen LogP contribution in [0.3, 0.4) is 0 Å². The first-order valence-corrected chi connectivity index (χ1v) is 6.74. The molecule has 2 rings (SSSR count). The van der Waals surface area contributed by atoms with Gasteiger partial charge in [0.15, 0.2) is 0 Å². The normalized spacial score (nSPS) is 14.3. The number of hydrogen-bond acceptors (Lipinski definition) is 4. The number of piperazine rings is 1. The molecule has 0 bridgehead atoms. The van der Waals surface area contributed by atoms with Crippen LogP contribution in [0.5, 0.6) is 0 Å². The number of aryl methyl sites for hydroxylation is 1. The van der Waals surface area contributed by atoms with E-state index in [1.165, 1.54) is 5.56 Å². The van der Waals surface area contributed by atoms with Crippen molar-refractivity contribution in [2.45, 2.75) is 13.5 Å². The number of halogens is 2. The van der Waals surface area contributed by atoms with E-state index in [2.05, 4.69) is 21.3 Å². The first kappa shape index (κ1) is 20.1. The van der Waals surface area contributed by atoms with Gasteiger partial charge in [0.25, 0.3) is 0 Å². The van der Waals surface area contributed by atoms with E-state index in [0.717, 1.165) is 38.4 Å². The lowest BCUT2D eigenvalue weighted by Gasteiger charge is -2.29. The molecule has 0 radical (unpaired) electrons. The van der Waals surface area contributed by atoms with Crippen LogP contribution in [0.1, 0.15) is 11.3 Å². The highest BCUT2D eigenvalue weighted by molar-refractivity contribution is 5.85. The van der Waals surface area contributed by atoms with Crippen molar-refractivity contribution in [2.24, 2.45) is 0 Å². The van der Waals surface area contributed by atoms with Crippen LogP contribution < -0.4 is 5.32 Å². The number of likely N-dealkylation sites (N-methyl/N-ethyl adjacent to an activating group) is 1. The average molecular weight is 335 g/mol. The molecule has 1 aromatic heterocycles. The summed E-state index contributed by atoms with van der Waals surface area (Å²) in [5, 5.41) is 3.25. The molecule has 0 aromatic carbocycles. The number of hydrogen-bond donors (Lipinski definition) is 1. The predicted octanol–water partition coefficient (Wildman–Crippen LogP) is 1.10. The number of pyridine rings is 1. The fraction of sp³-hybridized carbons (Fsp3) is 0.571. The van der Waals surface area contributed by atoms with E-state index in [0.29, 0.717) is 6.54 Å². The highest BCUT2D eigenvalue weighted by Gasteiger charge is 2.17. The second-order valence-electron chi connectivity index (χ2n) is 5.11. The lowest BCUT2D eigenvalue weighted by molar-refractivity contribution is -0.132. The third-order valence-corrected chi connectivity index (χ3v) is 3.29. The van der Waals surface area contributed by atoms with Crippen molar-refractivity contribution >= 4 is 30.7 Å². The lowest BCUT2D eigenvalue weighted by Crippen LogP contribution is -2.49. The topological polar surface area (TPSA) is 48.5 Å². The van der Waals surface area contributed by atoms with Gasteiger partial charge in [0.2, 0.25) is 5.91 Å². The Balaban J connectivity index is 0.00000200. The summed E-state index contributed by atoms with van der Waals surface area (Å²) in [7, 11) is 1.98. The summed E-state index contributed by atoms with van der Waals surface area (Å²) < 4.78 is 0. The van der Waals surface area contributed by atoms with Crippen LogP contribution in [0.4, 0.5) is 0 Å². The molecule has 0 aliphatic carbocycles. The summed E-state index contributed by atoms with van der Waals surface area (Å²) in [5.41, 5.74) is 2.21. The largest absolute Gasteiger partial charge is 0.339 e. The Morgan fingerprint density at radius 1 is 1.38 bits per heavy atom. The van der Waals surface area contributed by atoms with Crippen molar-refractivity contribution in [3.8, 4) is 0 Å². The van der Waals surface area contributed by atoms with E-state index in [1.807, 2.05) is 31.1 Å². The first-order valence-electron chi connectivity index (χ1n) is 6.74. The molecule has 1 aromatic rings. The van der Waals surface area contributed by atoms with Crippen molar-refractivity contribution in [1.82, 2.24) is 20.1 Å². The summed E-state index contributed by atoms with van der Waals surface area (Å²) in [4.78, 5) is 20.3. The Morgan fingerprint density at radius 3 is 2.67 bits per heavy atom. The number of nitrogens with one attached hydrogen (secondary N) is 1. The molecule has 0 atom stereocenters. The van der Waals surface area contributed by atoms with E-state index < -0.39 is 0 Å². The highest BCUT2D eigenvalue weighted by atomic mass is 35.5. The molecule has 0 unspecified atom stereocenters. The lowest BCUT2D eigenvalue weighted by atomic mass is 10.2. The maximum absolute atomic E-state index is 12.1. The zero-order valence-electron chi connectivity index (χ0n) is 12.5. The van der Waals surface area contributed by atoms with Gasteiger partial charge in [-0.25, -0.2) is 0 Å². The number of rotatable bonds is 4. The molecule has 1 N–H and O–H groups in total. The molecule has 5 nitrogen and oxygen atoms in total. The molecule has 1 aliphatic heterocycles. The van der Waals surface area contributed by atoms with E-state index in [1.54, 1.807) is 0 Å². The zero-order valence-corrected chi connectivity index (χ0v) is 14.2. The van der Waals surface area contributed by atoms with E-state index in [9.17, 15) is 4.79 Å². The Bertz CT molecular complexity index is 439. The minimum atomic E-state index is 0. The van der Waals surface area contributed by atoms with Gasteiger partial charge in [-0.15, -0.1) is 24.8 Å². The second kappa shape index (κ2) is 9.95. The number of carbonyl (C=O) groups excluding carboxylic acids is 1. The standard InChI is InChI=1S/C14H22N4O.2ClH/c1-12-9-13(3-4-16-12)10-17(2)11-14(19)18-7-5-15-6-8-18;;/h3-4,9,15H,5-8,10-11H2,1-2H3;2*1H. The van der Waals surface area contributed by atoms with Crippen molar-refractivity contribution < 1.29 is 4.79 Å². The Labute approximate surface area is 138 Å². The van der Waals surface area contributed by atoms with Crippen molar-refractivity contribution in [2.75, 3.05) is 39.8 Å². The third-order valence-electron chi connectivity index (χ3n) is 3.29. The molecular weight excluding hydrogens is 311 g/mol. The SMILES string of the molecule is Cc1cc(CN(C)CC(=O)N2CCNCC2)ccn1.Cl.Cl. The van der Waals surface area contributed by atoms with Crippen LogP contribution in [0, 0.1) is 6.92 Å². The maximum Gasteiger partial charge on any atom is 0.236 e. The minimum Gasteiger partial charge on any atom is -0.339 e. The summed E-state index contributed by atoms with van der Waals surface area (Å²) in [5.74, 6) is 0.217. The molecule has 1 amide bonds. The maximum atomic E-state index is 12.1. The predicted molar refractivity (Wildman–Crippen MR) is 89.3 cm³/mol. The fourth-order valence-corrected chi connectivity index (χ4v) is 2.32. The minimum absolute atomic E-state index is 0. The summed E-state index contributed by atoms with van der Waals surface area (Å²) in [6.45, 7) is 6.68. The number of nitrogens with zero attached hydrogens (tertiary/aromatic N) is 3. The van der Waals surface area contributed by atoms with Crippen LogP contribution >= 0.6 is 24.8 Å². The average Bonchev–Trinajstić information content (AvgIpc) is 2.39. The van der Waals surface area contributed by atoms with Gasteiger partial charge in [-0.05, 0) is 31.7 Å². The first-order chi connectivity index (χ1) is 9.15. The van der Waals surface area contributed by atoms with Crippen LogP contribution in [0.2, 0.25) is 0 Å². The molecule has 21 heavy (non-hydrogen) atoms. The quantitative estimate of drug-likeness (QED) is 0.895. The Hall–Kier alpha value is -0.880. The smallest absolute Gasteiger partial charge is 0.236 e. The number of amides is 1. The number of carbonyl (C=O) groups is 1. The monoisotopic (exact) mass is 334 g/mol. The molecule has 0 saturated carbocycles. The molecular formula is C14H24Cl2N4O. The van der Waals surface area contributed by atoms with Gasteiger partial charge in [0.1, 0.15) is 0 Å². The molecule has 120 valence electrons. The van der Waals surface area contributed by atoms with E-state index in [4.69, 9.17) is 0 Å². The van der Waals surface area contributed by atoms with Gasteiger partial charge in [-0.2, -0.15) is 0 Å². The van der Waals surface area contributed by atoms with E-state index >= 15 is 0 Å². The molecule has 1 fully saturated rings. The number of aromatic nitrogens is 1. The van der Waals surface area contributed by atoms with Crippen LogP contribution in [-0.4, -0.2) is 60.5 Å². The van der Waals surface area contributed by atoms with Gasteiger partial charge in [0.05, 0.1) is 6.54 Å². The summed E-state index contributed by atoms with van der Waals surface area (Å²) >= 11 is 0. The Morgan fingerprint density at radius 2 is 2.05 bits per heavy atom. The van der Waals surface area contributed by atoms with Crippen molar-refractivity contribution in [3.05, 3.63) is 29.6 Å². The molecule has 2 heterocycles. The van der Waals surface area contributed by atoms with Gasteiger partial charge in [-0.1, -0.05) is 0 Å². The molecule has 1 aliphatic rings. The van der Waals surface area contributed by atoms with Gasteiger partial charge in [0, 0.05) is 44.6 Å². The summed E-state index contributed by atoms with van der Waals surface area (Å²) in [6.07, 6.45) is 1.82. The van der Waals surface area contributed by atoms with Crippen LogP contribution in [-0.2, 0) is 11.3 Å². The molecule has 1 saturated heterocycles. The Kier molecular flexibility index (Phi) is 9.53. The van der Waals surface area contributed by atoms with Gasteiger partial charge in [-0.3, -0.25) is 14.7 Å². The zero-order chi connectivity index (χ0) is 13.7. The second-order valence-corrected chi connectivity index (χ2v) is 5.11. The van der Waals surface area contributed by atoms with Crippen molar-refractivity contribution in [1.29, 1.82) is 0 Å². The van der Waals surface area contributed by atoms with Gasteiger partial charge >= 0.3 is 0 Å². The van der Waals surface area contributed by atoms with Crippen molar-refractivity contribution in [3.63, 3.8) is 0 Å². The summed E-state index contributed by atoms with van der Waals surface area (Å²) in [6, 6.07) is 4.06. The fourth-order valence-electron chi connectivity index (χ4n) is 2.32. The highest BCUT2D eigenvalue weighted by Crippen LogP contribution is 2.05.